The van der Waals surface area contributed by atoms with Crippen molar-refractivity contribution in [2.24, 2.45) is 0 Å². The van der Waals surface area contributed by atoms with Crippen molar-refractivity contribution < 1.29 is 9.18 Å². The van der Waals surface area contributed by atoms with Crippen LogP contribution < -0.4 is 10.6 Å². The van der Waals surface area contributed by atoms with Crippen LogP contribution in [0.2, 0.25) is 0 Å². The summed E-state index contributed by atoms with van der Waals surface area (Å²) in [6.45, 7) is 0. The molecule has 2 aromatic heterocycles. The second kappa shape index (κ2) is 5.16. The summed E-state index contributed by atoms with van der Waals surface area (Å²) in [5, 5.41) is 6.05. The van der Waals surface area contributed by atoms with Crippen molar-refractivity contribution in [1.82, 2.24) is 9.97 Å². The second-order valence-electron chi connectivity index (χ2n) is 4.50. The van der Waals surface area contributed by atoms with E-state index < -0.39 is 11.7 Å². The molecule has 0 saturated heterocycles. The number of carbonyl (C=O) groups excluding carboxylic acids is 1. The van der Waals surface area contributed by atoms with Crippen molar-refractivity contribution in [2.45, 2.75) is 19.3 Å². The van der Waals surface area contributed by atoms with Gasteiger partial charge in [0.05, 0.1) is 17.5 Å². The summed E-state index contributed by atoms with van der Waals surface area (Å²) in [6, 6.07) is 1.16. The van der Waals surface area contributed by atoms with Crippen molar-refractivity contribution in [1.29, 1.82) is 0 Å². The molecule has 104 valence electrons. The van der Waals surface area contributed by atoms with E-state index in [1.165, 1.54) is 16.2 Å². The van der Waals surface area contributed by atoms with Crippen LogP contribution in [0.15, 0.2) is 12.3 Å². The predicted molar refractivity (Wildman–Crippen MR) is 75.8 cm³/mol. The van der Waals surface area contributed by atoms with E-state index in [2.05, 4.69) is 20.6 Å². The van der Waals surface area contributed by atoms with Crippen LogP contribution in [0, 0.1) is 5.82 Å². The molecule has 3 rings (SSSR count). The summed E-state index contributed by atoms with van der Waals surface area (Å²) in [5.41, 5.74) is 1.24. The quantitative estimate of drug-likeness (QED) is 0.912. The molecular weight excluding hydrogens is 279 g/mol. The second-order valence-corrected chi connectivity index (χ2v) is 5.58. The molecule has 20 heavy (non-hydrogen) atoms. The summed E-state index contributed by atoms with van der Waals surface area (Å²) in [5.74, 6) is -0.613. The first kappa shape index (κ1) is 13.0. The van der Waals surface area contributed by atoms with E-state index in [0.717, 1.165) is 37.2 Å². The molecule has 2 heterocycles. The Balaban J connectivity index is 1.83. The lowest BCUT2D eigenvalue weighted by Gasteiger charge is -2.07. The summed E-state index contributed by atoms with van der Waals surface area (Å²) in [6.07, 6.45) is 4.18. The number of aryl methyl sites for hydroxylation is 2. The molecule has 1 amide bonds. The van der Waals surface area contributed by atoms with E-state index in [1.54, 1.807) is 7.05 Å². The van der Waals surface area contributed by atoms with Gasteiger partial charge in [-0.2, -0.15) is 0 Å². The van der Waals surface area contributed by atoms with Crippen molar-refractivity contribution in [3.8, 4) is 0 Å². The van der Waals surface area contributed by atoms with Crippen molar-refractivity contribution in [3.05, 3.63) is 34.2 Å². The van der Waals surface area contributed by atoms with E-state index in [0.29, 0.717) is 10.9 Å². The molecule has 0 aliphatic heterocycles. The molecule has 7 heteroatoms. The predicted octanol–water partition coefficient (Wildman–Crippen LogP) is 2.46. The van der Waals surface area contributed by atoms with Gasteiger partial charge in [-0.3, -0.25) is 10.1 Å². The van der Waals surface area contributed by atoms with Gasteiger partial charge in [0.2, 0.25) is 0 Å². The van der Waals surface area contributed by atoms with Crippen LogP contribution in [-0.4, -0.2) is 22.9 Å². The van der Waals surface area contributed by atoms with E-state index >= 15 is 0 Å². The van der Waals surface area contributed by atoms with Crippen LogP contribution in [0.5, 0.6) is 0 Å². The number of hydrogen-bond acceptors (Lipinski definition) is 5. The SMILES string of the molecule is CNc1ncc(F)cc1C(=O)Nc1nc2c(s1)CCC2. The Bertz CT molecular complexity index is 649. The first-order chi connectivity index (χ1) is 9.67. The number of amides is 1. The van der Waals surface area contributed by atoms with Crippen LogP contribution in [0.1, 0.15) is 27.3 Å². The topological polar surface area (TPSA) is 66.9 Å². The number of rotatable bonds is 3. The van der Waals surface area contributed by atoms with Gasteiger partial charge in [0, 0.05) is 11.9 Å². The number of hydrogen-bond donors (Lipinski definition) is 2. The molecule has 0 saturated carbocycles. The van der Waals surface area contributed by atoms with Gasteiger partial charge in [0.1, 0.15) is 11.6 Å². The Hall–Kier alpha value is -2.02. The third-order valence-electron chi connectivity index (χ3n) is 3.15. The maximum atomic E-state index is 13.2. The lowest BCUT2D eigenvalue weighted by atomic mass is 10.2. The fourth-order valence-corrected chi connectivity index (χ4v) is 3.26. The van der Waals surface area contributed by atoms with Crippen molar-refractivity contribution in [2.75, 3.05) is 17.7 Å². The number of nitrogens with one attached hydrogen (secondary N) is 2. The standard InChI is InChI=1S/C13H13FN4OS/c1-15-11-8(5-7(14)6-16-11)12(19)18-13-17-9-3-2-4-10(9)20-13/h5-6H,2-4H2,1H3,(H,15,16)(H,17,18,19). The minimum atomic E-state index is -0.546. The van der Waals surface area contributed by atoms with Crippen molar-refractivity contribution >= 4 is 28.2 Å². The van der Waals surface area contributed by atoms with Gasteiger partial charge in [-0.25, -0.2) is 14.4 Å². The molecule has 5 nitrogen and oxygen atoms in total. The lowest BCUT2D eigenvalue weighted by molar-refractivity contribution is 0.102. The molecular formula is C13H13FN4OS. The van der Waals surface area contributed by atoms with Crippen LogP contribution in [0.4, 0.5) is 15.3 Å². The highest BCUT2D eigenvalue weighted by Gasteiger charge is 2.19. The molecule has 2 aromatic rings. The average molecular weight is 292 g/mol. The molecule has 0 aromatic carbocycles. The Morgan fingerprint density at radius 3 is 3.05 bits per heavy atom. The normalized spacial score (nSPS) is 13.1. The van der Waals surface area contributed by atoms with Gasteiger partial charge in [-0.05, 0) is 25.3 Å². The highest BCUT2D eigenvalue weighted by atomic mass is 32.1. The Labute approximate surface area is 119 Å². The number of halogens is 1. The van der Waals surface area contributed by atoms with Crippen molar-refractivity contribution in [3.63, 3.8) is 0 Å². The summed E-state index contributed by atoms with van der Waals surface area (Å²) in [4.78, 5) is 21.6. The lowest BCUT2D eigenvalue weighted by Crippen LogP contribution is -2.15. The Kier molecular flexibility index (Phi) is 3.35. The number of nitrogens with zero attached hydrogens (tertiary/aromatic N) is 2. The first-order valence-electron chi connectivity index (χ1n) is 6.30. The molecule has 0 fully saturated rings. The van der Waals surface area contributed by atoms with E-state index in [-0.39, 0.29) is 5.56 Å². The number of pyridine rings is 1. The number of anilines is 2. The monoisotopic (exact) mass is 292 g/mol. The van der Waals surface area contributed by atoms with Crippen LogP contribution in [0.3, 0.4) is 0 Å². The minimum Gasteiger partial charge on any atom is -0.372 e. The number of aromatic nitrogens is 2. The molecule has 0 unspecified atom stereocenters. The summed E-state index contributed by atoms with van der Waals surface area (Å²) < 4.78 is 13.2. The van der Waals surface area contributed by atoms with E-state index in [9.17, 15) is 9.18 Å². The average Bonchev–Trinajstić information content (AvgIpc) is 2.99. The van der Waals surface area contributed by atoms with Gasteiger partial charge in [0.15, 0.2) is 5.13 Å². The highest BCUT2D eigenvalue weighted by molar-refractivity contribution is 7.16. The van der Waals surface area contributed by atoms with Gasteiger partial charge < -0.3 is 5.32 Å². The van der Waals surface area contributed by atoms with Crippen LogP contribution in [0.25, 0.3) is 0 Å². The smallest absolute Gasteiger partial charge is 0.261 e. The van der Waals surface area contributed by atoms with Gasteiger partial charge >= 0.3 is 0 Å². The largest absolute Gasteiger partial charge is 0.372 e. The Morgan fingerprint density at radius 2 is 2.30 bits per heavy atom. The van der Waals surface area contributed by atoms with Crippen LogP contribution in [-0.2, 0) is 12.8 Å². The summed E-state index contributed by atoms with van der Waals surface area (Å²) in [7, 11) is 1.63. The zero-order valence-corrected chi connectivity index (χ0v) is 11.7. The zero-order chi connectivity index (χ0) is 14.1. The van der Waals surface area contributed by atoms with Gasteiger partial charge in [0.25, 0.3) is 5.91 Å². The molecule has 1 aliphatic carbocycles. The van der Waals surface area contributed by atoms with E-state index in [1.807, 2.05) is 0 Å². The maximum absolute atomic E-state index is 13.2. The Morgan fingerprint density at radius 1 is 1.45 bits per heavy atom. The van der Waals surface area contributed by atoms with Crippen LogP contribution >= 0.6 is 11.3 Å². The zero-order valence-electron chi connectivity index (χ0n) is 10.9. The molecule has 1 aliphatic rings. The van der Waals surface area contributed by atoms with Gasteiger partial charge in [-0.15, -0.1) is 11.3 Å². The third-order valence-corrected chi connectivity index (χ3v) is 4.22. The number of fused-ring (bicyclic) bond motifs is 1. The molecule has 0 bridgehead atoms. The number of thiazole rings is 1. The van der Waals surface area contributed by atoms with E-state index in [4.69, 9.17) is 0 Å². The molecule has 0 radical (unpaired) electrons. The number of carbonyl (C=O) groups is 1. The molecule has 0 spiro atoms. The fraction of sp³-hybridized carbons (Fsp3) is 0.308. The molecule has 2 N–H and O–H groups in total. The molecule has 0 atom stereocenters. The first-order valence-corrected chi connectivity index (χ1v) is 7.12. The van der Waals surface area contributed by atoms with Gasteiger partial charge in [-0.1, -0.05) is 0 Å². The summed E-state index contributed by atoms with van der Waals surface area (Å²) >= 11 is 1.49. The highest BCUT2D eigenvalue weighted by Crippen LogP contribution is 2.30. The third kappa shape index (κ3) is 2.36. The minimum absolute atomic E-state index is 0.169. The maximum Gasteiger partial charge on any atom is 0.261 e. The fourth-order valence-electron chi connectivity index (χ4n) is 2.22.